The van der Waals surface area contributed by atoms with Crippen LogP contribution in [0.3, 0.4) is 0 Å². The lowest BCUT2D eigenvalue weighted by Gasteiger charge is -2.37. The third kappa shape index (κ3) is 4.94. The summed E-state index contributed by atoms with van der Waals surface area (Å²) < 4.78 is 11.0. The van der Waals surface area contributed by atoms with Crippen LogP contribution >= 0.6 is 0 Å². The maximum Gasteiger partial charge on any atom is 0.249 e. The van der Waals surface area contributed by atoms with Crippen molar-refractivity contribution < 1.29 is 14.3 Å². The topological polar surface area (TPSA) is 50.8 Å². The summed E-state index contributed by atoms with van der Waals surface area (Å²) in [6.07, 6.45) is 3.32. The van der Waals surface area contributed by atoms with E-state index in [9.17, 15) is 4.79 Å². The SMILES string of the molecule is CCCCCOCC(=O)N1CCNCC1c1ccccc1OC. The second kappa shape index (κ2) is 9.53. The summed E-state index contributed by atoms with van der Waals surface area (Å²) in [7, 11) is 1.66. The third-order valence-corrected chi connectivity index (χ3v) is 4.18. The van der Waals surface area contributed by atoms with Gasteiger partial charge in [0.25, 0.3) is 0 Å². The van der Waals surface area contributed by atoms with E-state index < -0.39 is 0 Å². The molecule has 5 nitrogen and oxygen atoms in total. The van der Waals surface area contributed by atoms with Gasteiger partial charge in [-0.05, 0) is 12.5 Å². The van der Waals surface area contributed by atoms with Crippen molar-refractivity contribution in [3.8, 4) is 5.75 Å². The van der Waals surface area contributed by atoms with Crippen LogP contribution in [0.25, 0.3) is 0 Å². The molecule has 0 spiro atoms. The lowest BCUT2D eigenvalue weighted by molar-refractivity contribution is -0.139. The molecule has 23 heavy (non-hydrogen) atoms. The molecule has 1 heterocycles. The number of carbonyl (C=O) groups excluding carboxylic acids is 1. The fourth-order valence-electron chi connectivity index (χ4n) is 2.92. The normalized spacial score (nSPS) is 18.0. The van der Waals surface area contributed by atoms with Crippen molar-refractivity contribution in [3.63, 3.8) is 0 Å². The lowest BCUT2D eigenvalue weighted by atomic mass is 10.0. The van der Waals surface area contributed by atoms with Gasteiger partial charge in [-0.3, -0.25) is 4.79 Å². The zero-order valence-corrected chi connectivity index (χ0v) is 14.2. The van der Waals surface area contributed by atoms with E-state index >= 15 is 0 Å². The lowest BCUT2D eigenvalue weighted by Crippen LogP contribution is -2.49. The molecule has 1 fully saturated rings. The minimum atomic E-state index is -0.00774. The molecule has 0 radical (unpaired) electrons. The van der Waals surface area contributed by atoms with Crippen LogP contribution in [0.1, 0.15) is 37.8 Å². The number of benzene rings is 1. The number of methoxy groups -OCH3 is 1. The van der Waals surface area contributed by atoms with Gasteiger partial charge in [-0.15, -0.1) is 0 Å². The number of nitrogens with zero attached hydrogens (tertiary/aromatic N) is 1. The fraction of sp³-hybridized carbons (Fsp3) is 0.611. The molecule has 128 valence electrons. The summed E-state index contributed by atoms with van der Waals surface area (Å²) in [4.78, 5) is 14.5. The van der Waals surface area contributed by atoms with Crippen molar-refractivity contribution in [2.45, 2.75) is 32.2 Å². The Morgan fingerprint density at radius 1 is 1.35 bits per heavy atom. The zero-order valence-electron chi connectivity index (χ0n) is 14.2. The van der Waals surface area contributed by atoms with Gasteiger partial charge in [0.15, 0.2) is 0 Å². The van der Waals surface area contributed by atoms with E-state index in [0.29, 0.717) is 13.2 Å². The van der Waals surface area contributed by atoms with Crippen molar-refractivity contribution in [2.75, 3.05) is 40.0 Å². The first-order chi connectivity index (χ1) is 11.3. The molecule has 0 saturated carbocycles. The first-order valence-electron chi connectivity index (χ1n) is 8.48. The van der Waals surface area contributed by atoms with Crippen molar-refractivity contribution in [2.24, 2.45) is 0 Å². The predicted octanol–water partition coefficient (Wildman–Crippen LogP) is 2.37. The minimum absolute atomic E-state index is 0.00774. The van der Waals surface area contributed by atoms with E-state index in [4.69, 9.17) is 9.47 Å². The van der Waals surface area contributed by atoms with Crippen LogP contribution in [0, 0.1) is 0 Å². The summed E-state index contributed by atoms with van der Waals surface area (Å²) in [6, 6.07) is 7.89. The van der Waals surface area contributed by atoms with Crippen LogP contribution < -0.4 is 10.1 Å². The van der Waals surface area contributed by atoms with Crippen molar-refractivity contribution in [1.82, 2.24) is 10.2 Å². The molecule has 1 aromatic carbocycles. The van der Waals surface area contributed by atoms with Gasteiger partial charge in [-0.25, -0.2) is 0 Å². The fourth-order valence-corrected chi connectivity index (χ4v) is 2.92. The van der Waals surface area contributed by atoms with Gasteiger partial charge in [0.05, 0.1) is 13.2 Å². The molecule has 1 atom stereocenters. The summed E-state index contributed by atoms with van der Waals surface area (Å²) >= 11 is 0. The van der Waals surface area contributed by atoms with E-state index in [0.717, 1.165) is 43.7 Å². The largest absolute Gasteiger partial charge is 0.496 e. The van der Waals surface area contributed by atoms with Crippen molar-refractivity contribution in [1.29, 1.82) is 0 Å². The number of unbranched alkanes of at least 4 members (excludes halogenated alkanes) is 2. The van der Waals surface area contributed by atoms with Gasteiger partial charge in [0.2, 0.25) is 5.91 Å². The molecule has 2 rings (SSSR count). The van der Waals surface area contributed by atoms with Gasteiger partial charge in [0, 0.05) is 31.8 Å². The van der Waals surface area contributed by atoms with Gasteiger partial charge in [0.1, 0.15) is 12.4 Å². The van der Waals surface area contributed by atoms with Crippen molar-refractivity contribution in [3.05, 3.63) is 29.8 Å². The number of ether oxygens (including phenoxy) is 2. The summed E-state index contributed by atoms with van der Waals surface area (Å²) in [6.45, 7) is 5.22. The number of para-hydroxylation sites is 1. The Hall–Kier alpha value is -1.59. The van der Waals surface area contributed by atoms with Crippen LogP contribution in [0.2, 0.25) is 0 Å². The number of rotatable bonds is 8. The third-order valence-electron chi connectivity index (χ3n) is 4.18. The number of piperazine rings is 1. The van der Waals surface area contributed by atoms with E-state index in [-0.39, 0.29) is 18.6 Å². The maximum absolute atomic E-state index is 12.5. The Kier molecular flexibility index (Phi) is 7.36. The van der Waals surface area contributed by atoms with Gasteiger partial charge >= 0.3 is 0 Å². The highest BCUT2D eigenvalue weighted by Crippen LogP contribution is 2.30. The summed E-state index contributed by atoms with van der Waals surface area (Å²) in [5.74, 6) is 0.877. The Labute approximate surface area is 139 Å². The highest BCUT2D eigenvalue weighted by Gasteiger charge is 2.29. The first kappa shape index (κ1) is 17.8. The molecular weight excluding hydrogens is 292 g/mol. The molecule has 1 amide bonds. The van der Waals surface area contributed by atoms with Gasteiger partial charge in [-0.2, -0.15) is 0 Å². The molecule has 0 aliphatic carbocycles. The smallest absolute Gasteiger partial charge is 0.249 e. The van der Waals surface area contributed by atoms with E-state index in [2.05, 4.69) is 12.2 Å². The van der Waals surface area contributed by atoms with Crippen molar-refractivity contribution >= 4 is 5.91 Å². The average Bonchev–Trinajstić information content (AvgIpc) is 2.61. The van der Waals surface area contributed by atoms with E-state index in [1.165, 1.54) is 0 Å². The Morgan fingerprint density at radius 3 is 2.96 bits per heavy atom. The summed E-state index contributed by atoms with van der Waals surface area (Å²) in [5, 5.41) is 3.36. The first-order valence-corrected chi connectivity index (χ1v) is 8.48. The molecule has 0 bridgehead atoms. The highest BCUT2D eigenvalue weighted by molar-refractivity contribution is 5.78. The summed E-state index contributed by atoms with van der Waals surface area (Å²) in [5.41, 5.74) is 1.04. The maximum atomic E-state index is 12.5. The Balaban J connectivity index is 1.99. The van der Waals surface area contributed by atoms with Crippen LogP contribution in [-0.2, 0) is 9.53 Å². The number of hydrogen-bond donors (Lipinski definition) is 1. The molecule has 0 aromatic heterocycles. The zero-order chi connectivity index (χ0) is 16.5. The van der Waals surface area contributed by atoms with E-state index in [1.807, 2.05) is 29.2 Å². The van der Waals surface area contributed by atoms with Crippen LogP contribution in [0.4, 0.5) is 0 Å². The number of amides is 1. The molecule has 1 aliphatic rings. The Morgan fingerprint density at radius 2 is 2.17 bits per heavy atom. The highest BCUT2D eigenvalue weighted by atomic mass is 16.5. The monoisotopic (exact) mass is 320 g/mol. The molecule has 1 N–H and O–H groups in total. The van der Waals surface area contributed by atoms with Gasteiger partial charge in [-0.1, -0.05) is 38.0 Å². The molecule has 1 aromatic rings. The van der Waals surface area contributed by atoms with Crippen LogP contribution in [0.5, 0.6) is 5.75 Å². The standard InChI is InChI=1S/C18H28N2O3/c1-3-4-7-12-23-14-18(21)20-11-10-19-13-16(20)15-8-5-6-9-17(15)22-2/h5-6,8-9,16,19H,3-4,7,10-14H2,1-2H3. The molecular formula is C18H28N2O3. The average molecular weight is 320 g/mol. The quantitative estimate of drug-likeness (QED) is 0.747. The number of carbonyl (C=O) groups is 1. The van der Waals surface area contributed by atoms with Crippen LogP contribution in [0.15, 0.2) is 24.3 Å². The molecule has 1 aliphatic heterocycles. The number of nitrogens with one attached hydrogen (secondary N) is 1. The van der Waals surface area contributed by atoms with Gasteiger partial charge < -0.3 is 19.7 Å². The molecule has 1 unspecified atom stereocenters. The minimum Gasteiger partial charge on any atom is -0.496 e. The second-order valence-corrected chi connectivity index (χ2v) is 5.81. The van der Waals surface area contributed by atoms with E-state index in [1.54, 1.807) is 7.11 Å². The number of hydrogen-bond acceptors (Lipinski definition) is 4. The van der Waals surface area contributed by atoms with Crippen LogP contribution in [-0.4, -0.2) is 50.8 Å². The Bertz CT molecular complexity index is 493. The predicted molar refractivity (Wildman–Crippen MR) is 90.7 cm³/mol. The molecule has 1 saturated heterocycles. The molecule has 5 heteroatoms. The second-order valence-electron chi connectivity index (χ2n) is 5.81.